The largest absolute Gasteiger partial charge is 0.354 e. The lowest BCUT2D eigenvalue weighted by molar-refractivity contribution is -0.120. The lowest BCUT2D eigenvalue weighted by Crippen LogP contribution is -2.36. The first kappa shape index (κ1) is 17.4. The van der Waals surface area contributed by atoms with E-state index in [0.717, 1.165) is 56.2 Å². The zero-order valence-corrected chi connectivity index (χ0v) is 15.1. The van der Waals surface area contributed by atoms with Crippen molar-refractivity contribution < 1.29 is 9.59 Å². The number of carbonyl (C=O) groups is 2. The van der Waals surface area contributed by atoms with Gasteiger partial charge >= 0.3 is 0 Å². The molecule has 1 aromatic rings. The van der Waals surface area contributed by atoms with E-state index in [2.05, 4.69) is 30.4 Å². The van der Waals surface area contributed by atoms with Gasteiger partial charge in [-0.1, -0.05) is 0 Å². The predicted molar refractivity (Wildman–Crippen MR) is 95.6 cm³/mol. The van der Waals surface area contributed by atoms with Gasteiger partial charge in [0.2, 0.25) is 11.8 Å². The van der Waals surface area contributed by atoms with Crippen LogP contribution in [0, 0.1) is 6.92 Å². The van der Waals surface area contributed by atoms with Crippen LogP contribution >= 0.6 is 0 Å². The second kappa shape index (κ2) is 7.25. The third-order valence-corrected chi connectivity index (χ3v) is 4.82. The lowest BCUT2D eigenvalue weighted by atomic mass is 10.2. The van der Waals surface area contributed by atoms with Gasteiger partial charge in [-0.25, -0.2) is 9.97 Å². The Hall–Kier alpha value is -2.38. The van der Waals surface area contributed by atoms with E-state index in [4.69, 9.17) is 0 Å². The van der Waals surface area contributed by atoms with Crippen molar-refractivity contribution in [3.05, 3.63) is 11.9 Å². The van der Waals surface area contributed by atoms with Crippen LogP contribution in [0.25, 0.3) is 0 Å². The topological polar surface area (TPSA) is 90.5 Å². The van der Waals surface area contributed by atoms with Crippen LogP contribution in [0.15, 0.2) is 6.33 Å². The minimum absolute atomic E-state index is 0.00743. The number of hydrogen-bond acceptors (Lipinski definition) is 6. The van der Waals surface area contributed by atoms with Gasteiger partial charge < -0.3 is 20.4 Å². The molecular weight excluding hydrogens is 320 g/mol. The van der Waals surface area contributed by atoms with Crippen molar-refractivity contribution in [1.82, 2.24) is 20.6 Å². The second-order valence-electron chi connectivity index (χ2n) is 6.91. The molecule has 3 rings (SSSR count). The molecule has 8 heteroatoms. The first-order valence-corrected chi connectivity index (χ1v) is 8.79. The van der Waals surface area contributed by atoms with E-state index in [1.807, 2.05) is 6.92 Å². The van der Waals surface area contributed by atoms with Crippen molar-refractivity contribution in [1.29, 1.82) is 0 Å². The highest BCUT2D eigenvalue weighted by Crippen LogP contribution is 2.29. The molecule has 2 fully saturated rings. The molecular formula is C17H26N6O2. The smallest absolute Gasteiger partial charge is 0.217 e. The zero-order valence-electron chi connectivity index (χ0n) is 15.1. The Bertz CT molecular complexity index is 612. The molecule has 0 radical (unpaired) electrons. The highest BCUT2D eigenvalue weighted by Gasteiger charge is 2.29. The molecule has 0 saturated carbocycles. The Morgan fingerprint density at radius 1 is 0.960 bits per heavy atom. The molecule has 2 saturated heterocycles. The molecule has 2 amide bonds. The molecule has 1 aromatic heterocycles. The third kappa shape index (κ3) is 4.00. The number of rotatable bonds is 4. The monoisotopic (exact) mass is 346 g/mol. The van der Waals surface area contributed by atoms with Crippen molar-refractivity contribution in [2.24, 2.45) is 0 Å². The SMILES string of the molecule is CC(=O)NC1CCN(c2ncnc(N3CCC(NC(C)=O)C3)c2C)C1. The van der Waals surface area contributed by atoms with Gasteiger partial charge in [-0.05, 0) is 19.8 Å². The molecule has 2 unspecified atom stereocenters. The van der Waals surface area contributed by atoms with Crippen molar-refractivity contribution in [2.75, 3.05) is 36.0 Å². The van der Waals surface area contributed by atoms with Gasteiger partial charge in [0.1, 0.15) is 18.0 Å². The summed E-state index contributed by atoms with van der Waals surface area (Å²) in [6, 6.07) is 0.345. The molecule has 2 N–H and O–H groups in total. The van der Waals surface area contributed by atoms with Crippen LogP contribution in [0.3, 0.4) is 0 Å². The molecule has 2 atom stereocenters. The molecule has 136 valence electrons. The van der Waals surface area contributed by atoms with Crippen LogP contribution in [0.1, 0.15) is 32.3 Å². The zero-order chi connectivity index (χ0) is 18.0. The fourth-order valence-corrected chi connectivity index (χ4v) is 3.79. The quantitative estimate of drug-likeness (QED) is 0.810. The summed E-state index contributed by atoms with van der Waals surface area (Å²) >= 11 is 0. The highest BCUT2D eigenvalue weighted by atomic mass is 16.2. The summed E-state index contributed by atoms with van der Waals surface area (Å²) in [6.07, 6.45) is 3.45. The Morgan fingerprint density at radius 2 is 1.40 bits per heavy atom. The maximum Gasteiger partial charge on any atom is 0.217 e. The van der Waals surface area contributed by atoms with Gasteiger partial charge in [0.05, 0.1) is 0 Å². The van der Waals surface area contributed by atoms with Crippen LogP contribution in [0.4, 0.5) is 11.6 Å². The second-order valence-corrected chi connectivity index (χ2v) is 6.91. The van der Waals surface area contributed by atoms with Crippen molar-refractivity contribution in [3.8, 4) is 0 Å². The number of nitrogens with zero attached hydrogens (tertiary/aromatic N) is 4. The fourth-order valence-electron chi connectivity index (χ4n) is 3.79. The number of carbonyl (C=O) groups excluding carboxylic acids is 2. The normalized spacial score (nSPS) is 23.0. The van der Waals surface area contributed by atoms with Crippen LogP contribution < -0.4 is 20.4 Å². The maximum absolute atomic E-state index is 11.3. The molecule has 2 aliphatic rings. The first-order chi connectivity index (χ1) is 11.9. The van der Waals surface area contributed by atoms with Crippen molar-refractivity contribution in [3.63, 3.8) is 0 Å². The third-order valence-electron chi connectivity index (χ3n) is 4.82. The summed E-state index contributed by atoms with van der Waals surface area (Å²) in [6.45, 7) is 8.43. The van der Waals surface area contributed by atoms with Gasteiger partial charge in [-0.3, -0.25) is 9.59 Å². The van der Waals surface area contributed by atoms with Gasteiger partial charge in [0.25, 0.3) is 0 Å². The molecule has 8 nitrogen and oxygen atoms in total. The minimum Gasteiger partial charge on any atom is -0.354 e. The van der Waals surface area contributed by atoms with Crippen LogP contribution in [-0.4, -0.2) is 60.0 Å². The minimum atomic E-state index is 0.00743. The number of nitrogens with one attached hydrogen (secondary N) is 2. The summed E-state index contributed by atoms with van der Waals surface area (Å²) in [7, 11) is 0. The van der Waals surface area contributed by atoms with Crippen molar-refractivity contribution in [2.45, 2.75) is 45.7 Å². The van der Waals surface area contributed by atoms with E-state index in [9.17, 15) is 9.59 Å². The predicted octanol–water partition coefficient (Wildman–Crippen LogP) is 0.215. The number of amides is 2. The Kier molecular flexibility index (Phi) is 5.06. The van der Waals surface area contributed by atoms with E-state index in [1.54, 1.807) is 20.2 Å². The average Bonchev–Trinajstić information content (AvgIpc) is 3.16. The van der Waals surface area contributed by atoms with E-state index in [1.165, 1.54) is 0 Å². The standard InChI is InChI=1S/C17H26N6O2/c1-11-16(22-6-4-14(8-22)20-12(2)24)18-10-19-17(11)23-7-5-15(9-23)21-13(3)25/h10,14-15H,4-9H2,1-3H3,(H,20,24)(H,21,25). The summed E-state index contributed by atoms with van der Waals surface area (Å²) in [4.78, 5) is 35.9. The van der Waals surface area contributed by atoms with Gasteiger partial charge in [-0.2, -0.15) is 0 Å². The summed E-state index contributed by atoms with van der Waals surface area (Å²) in [5.41, 5.74) is 1.05. The molecule has 0 aliphatic carbocycles. The van der Waals surface area contributed by atoms with Crippen LogP contribution in [0.2, 0.25) is 0 Å². The Balaban J connectivity index is 1.71. The summed E-state index contributed by atoms with van der Waals surface area (Å²) < 4.78 is 0. The molecule has 0 spiro atoms. The van der Waals surface area contributed by atoms with E-state index < -0.39 is 0 Å². The lowest BCUT2D eigenvalue weighted by Gasteiger charge is -2.24. The first-order valence-electron chi connectivity index (χ1n) is 8.79. The average molecular weight is 346 g/mol. The van der Waals surface area contributed by atoms with Crippen molar-refractivity contribution >= 4 is 23.5 Å². The van der Waals surface area contributed by atoms with E-state index in [0.29, 0.717) is 0 Å². The molecule has 0 bridgehead atoms. The number of hydrogen-bond donors (Lipinski definition) is 2. The molecule has 25 heavy (non-hydrogen) atoms. The van der Waals surface area contributed by atoms with Gasteiger partial charge in [0, 0.05) is 57.7 Å². The maximum atomic E-state index is 11.3. The molecule has 0 aromatic carbocycles. The fraction of sp³-hybridized carbons (Fsp3) is 0.647. The van der Waals surface area contributed by atoms with E-state index in [-0.39, 0.29) is 23.9 Å². The Morgan fingerprint density at radius 3 is 1.80 bits per heavy atom. The van der Waals surface area contributed by atoms with Gasteiger partial charge in [0.15, 0.2) is 0 Å². The molecule has 3 heterocycles. The Labute approximate surface area is 148 Å². The molecule has 2 aliphatic heterocycles. The van der Waals surface area contributed by atoms with Crippen LogP contribution in [-0.2, 0) is 9.59 Å². The number of aromatic nitrogens is 2. The number of anilines is 2. The van der Waals surface area contributed by atoms with E-state index >= 15 is 0 Å². The van der Waals surface area contributed by atoms with Gasteiger partial charge in [-0.15, -0.1) is 0 Å². The summed E-state index contributed by atoms with van der Waals surface area (Å²) in [5.74, 6) is 1.88. The summed E-state index contributed by atoms with van der Waals surface area (Å²) in [5, 5.41) is 5.96. The highest BCUT2D eigenvalue weighted by molar-refractivity contribution is 5.74. The van der Waals surface area contributed by atoms with Crippen LogP contribution in [0.5, 0.6) is 0 Å².